The van der Waals surface area contributed by atoms with Gasteiger partial charge in [0.15, 0.2) is 0 Å². The molecule has 0 aliphatic carbocycles. The minimum absolute atomic E-state index is 0.0877. The third-order valence-corrected chi connectivity index (χ3v) is 1.63. The molecule has 1 aliphatic rings. The highest BCUT2D eigenvalue weighted by Crippen LogP contribution is 2.07. The second kappa shape index (κ2) is 4.31. The normalized spacial score (nSPS) is 19.0. The molecule has 0 saturated carbocycles. The van der Waals surface area contributed by atoms with Gasteiger partial charge in [-0.3, -0.25) is 9.63 Å². The molecule has 2 N–H and O–H groups in total. The SMILES string of the molecule is NCCCN1OCCCC1=O. The topological polar surface area (TPSA) is 55.6 Å². The Morgan fingerprint density at radius 3 is 3.09 bits per heavy atom. The maximum atomic E-state index is 11.1. The first-order chi connectivity index (χ1) is 5.34. The van der Waals surface area contributed by atoms with Gasteiger partial charge in [-0.15, -0.1) is 0 Å². The highest BCUT2D eigenvalue weighted by atomic mass is 16.7. The predicted molar refractivity (Wildman–Crippen MR) is 40.6 cm³/mol. The Labute approximate surface area is 66.3 Å². The standard InChI is InChI=1S/C7H14N2O2/c8-4-2-5-9-7(10)3-1-6-11-9/h1-6,8H2. The van der Waals surface area contributed by atoms with Crippen molar-refractivity contribution in [1.82, 2.24) is 5.06 Å². The summed E-state index contributed by atoms with van der Waals surface area (Å²) in [7, 11) is 0. The lowest BCUT2D eigenvalue weighted by molar-refractivity contribution is -0.198. The van der Waals surface area contributed by atoms with Gasteiger partial charge in [-0.25, -0.2) is 5.06 Å². The molecule has 0 unspecified atom stereocenters. The Balaban J connectivity index is 2.24. The number of nitrogens with two attached hydrogens (primary N) is 1. The van der Waals surface area contributed by atoms with Crippen molar-refractivity contribution in [2.75, 3.05) is 19.7 Å². The molecular weight excluding hydrogens is 144 g/mol. The molecule has 1 amide bonds. The Morgan fingerprint density at radius 1 is 1.64 bits per heavy atom. The molecule has 0 aromatic heterocycles. The number of carbonyl (C=O) groups is 1. The number of nitrogens with zero attached hydrogens (tertiary/aromatic N) is 1. The molecular formula is C7H14N2O2. The molecule has 0 bridgehead atoms. The van der Waals surface area contributed by atoms with Gasteiger partial charge in [-0.1, -0.05) is 0 Å². The van der Waals surface area contributed by atoms with Crippen LogP contribution in [0.2, 0.25) is 0 Å². The molecule has 1 heterocycles. The third kappa shape index (κ3) is 2.48. The predicted octanol–water partition coefficient (Wildman–Crippen LogP) is -0.111. The van der Waals surface area contributed by atoms with Crippen molar-refractivity contribution in [2.45, 2.75) is 19.3 Å². The zero-order valence-electron chi connectivity index (χ0n) is 6.58. The van der Waals surface area contributed by atoms with Crippen molar-refractivity contribution >= 4 is 5.91 Å². The average Bonchev–Trinajstić information content (AvgIpc) is 2.03. The van der Waals surface area contributed by atoms with E-state index in [1.54, 1.807) is 0 Å². The molecule has 1 fully saturated rings. The van der Waals surface area contributed by atoms with Crippen LogP contribution in [-0.2, 0) is 9.63 Å². The van der Waals surface area contributed by atoms with Crippen LogP contribution in [0.15, 0.2) is 0 Å². The van der Waals surface area contributed by atoms with E-state index in [0.717, 1.165) is 12.8 Å². The van der Waals surface area contributed by atoms with Crippen LogP contribution in [0, 0.1) is 0 Å². The van der Waals surface area contributed by atoms with Crippen LogP contribution in [0.1, 0.15) is 19.3 Å². The molecule has 1 aliphatic heterocycles. The monoisotopic (exact) mass is 158 g/mol. The first-order valence-electron chi connectivity index (χ1n) is 3.98. The van der Waals surface area contributed by atoms with Crippen molar-refractivity contribution in [1.29, 1.82) is 0 Å². The lowest BCUT2D eigenvalue weighted by Gasteiger charge is -2.25. The van der Waals surface area contributed by atoms with Crippen molar-refractivity contribution < 1.29 is 9.63 Å². The van der Waals surface area contributed by atoms with Gasteiger partial charge in [-0.2, -0.15) is 0 Å². The quantitative estimate of drug-likeness (QED) is 0.623. The van der Waals surface area contributed by atoms with Gasteiger partial charge in [0.2, 0.25) is 5.91 Å². The highest BCUT2D eigenvalue weighted by molar-refractivity contribution is 5.75. The number of hydroxylamine groups is 2. The average molecular weight is 158 g/mol. The number of carbonyl (C=O) groups excluding carboxylic acids is 1. The summed E-state index contributed by atoms with van der Waals surface area (Å²) in [6, 6.07) is 0. The number of hydrogen-bond donors (Lipinski definition) is 1. The van der Waals surface area contributed by atoms with E-state index < -0.39 is 0 Å². The van der Waals surface area contributed by atoms with Crippen LogP contribution >= 0.6 is 0 Å². The van der Waals surface area contributed by atoms with Gasteiger partial charge >= 0.3 is 0 Å². The second-order valence-corrected chi connectivity index (χ2v) is 2.57. The van der Waals surface area contributed by atoms with E-state index >= 15 is 0 Å². The second-order valence-electron chi connectivity index (χ2n) is 2.57. The van der Waals surface area contributed by atoms with Crippen molar-refractivity contribution in [3.63, 3.8) is 0 Å². The van der Waals surface area contributed by atoms with Crippen LogP contribution in [0.3, 0.4) is 0 Å². The number of amides is 1. The van der Waals surface area contributed by atoms with E-state index in [9.17, 15) is 4.79 Å². The van der Waals surface area contributed by atoms with Crippen LogP contribution in [0.25, 0.3) is 0 Å². The molecule has 0 aromatic carbocycles. The zero-order chi connectivity index (χ0) is 8.10. The Morgan fingerprint density at radius 2 is 2.45 bits per heavy atom. The van der Waals surface area contributed by atoms with Crippen molar-refractivity contribution in [2.24, 2.45) is 5.73 Å². The van der Waals surface area contributed by atoms with Crippen LogP contribution in [0.5, 0.6) is 0 Å². The lowest BCUT2D eigenvalue weighted by Crippen LogP contribution is -2.36. The lowest BCUT2D eigenvalue weighted by atomic mass is 10.3. The molecule has 4 heteroatoms. The molecule has 1 rings (SSSR count). The molecule has 0 radical (unpaired) electrons. The summed E-state index contributed by atoms with van der Waals surface area (Å²) in [6.45, 7) is 1.90. The van der Waals surface area contributed by atoms with Gasteiger partial charge in [0.25, 0.3) is 0 Å². The number of hydrogen-bond acceptors (Lipinski definition) is 3. The summed E-state index contributed by atoms with van der Waals surface area (Å²) in [5.74, 6) is 0.0877. The first-order valence-corrected chi connectivity index (χ1v) is 3.98. The van der Waals surface area contributed by atoms with Crippen molar-refractivity contribution in [3.8, 4) is 0 Å². The van der Waals surface area contributed by atoms with Gasteiger partial charge in [-0.05, 0) is 19.4 Å². The summed E-state index contributed by atoms with van der Waals surface area (Å²) in [6.07, 6.45) is 2.27. The maximum Gasteiger partial charge on any atom is 0.246 e. The fourth-order valence-corrected chi connectivity index (χ4v) is 1.02. The summed E-state index contributed by atoms with van der Waals surface area (Å²) < 4.78 is 0. The van der Waals surface area contributed by atoms with E-state index in [-0.39, 0.29) is 5.91 Å². The first kappa shape index (κ1) is 8.49. The minimum atomic E-state index is 0.0877. The van der Waals surface area contributed by atoms with Gasteiger partial charge in [0, 0.05) is 13.0 Å². The van der Waals surface area contributed by atoms with E-state index in [1.807, 2.05) is 0 Å². The molecule has 0 aromatic rings. The Bertz CT molecular complexity index is 138. The number of rotatable bonds is 3. The van der Waals surface area contributed by atoms with Crippen molar-refractivity contribution in [3.05, 3.63) is 0 Å². The van der Waals surface area contributed by atoms with E-state index in [2.05, 4.69) is 0 Å². The van der Waals surface area contributed by atoms with Gasteiger partial charge in [0.05, 0.1) is 6.61 Å². The van der Waals surface area contributed by atoms with Crippen LogP contribution in [-0.4, -0.2) is 30.7 Å². The van der Waals surface area contributed by atoms with E-state index in [1.165, 1.54) is 5.06 Å². The summed E-state index contributed by atoms with van der Waals surface area (Å²) >= 11 is 0. The molecule has 0 atom stereocenters. The molecule has 64 valence electrons. The van der Waals surface area contributed by atoms with Gasteiger partial charge < -0.3 is 5.73 Å². The molecule has 1 saturated heterocycles. The fraction of sp³-hybridized carbons (Fsp3) is 0.857. The smallest absolute Gasteiger partial charge is 0.246 e. The molecule has 11 heavy (non-hydrogen) atoms. The van der Waals surface area contributed by atoms with Crippen LogP contribution in [0.4, 0.5) is 0 Å². The Kier molecular flexibility index (Phi) is 3.32. The van der Waals surface area contributed by atoms with Gasteiger partial charge in [0.1, 0.15) is 0 Å². The fourth-order valence-electron chi connectivity index (χ4n) is 1.02. The largest absolute Gasteiger partial charge is 0.330 e. The van der Waals surface area contributed by atoms with E-state index in [0.29, 0.717) is 26.1 Å². The summed E-state index contributed by atoms with van der Waals surface area (Å²) in [5, 5.41) is 1.43. The third-order valence-electron chi connectivity index (χ3n) is 1.63. The minimum Gasteiger partial charge on any atom is -0.330 e. The maximum absolute atomic E-state index is 11.1. The summed E-state index contributed by atoms with van der Waals surface area (Å²) in [5.41, 5.74) is 5.30. The Hall–Kier alpha value is -0.610. The van der Waals surface area contributed by atoms with E-state index in [4.69, 9.17) is 10.6 Å². The molecule has 4 nitrogen and oxygen atoms in total. The zero-order valence-corrected chi connectivity index (χ0v) is 6.58. The van der Waals surface area contributed by atoms with Crippen LogP contribution < -0.4 is 5.73 Å². The highest BCUT2D eigenvalue weighted by Gasteiger charge is 2.17. The summed E-state index contributed by atoms with van der Waals surface area (Å²) in [4.78, 5) is 16.2. The molecule has 0 spiro atoms.